The third-order valence-electron chi connectivity index (χ3n) is 3.01. The number of benzene rings is 1. The zero-order chi connectivity index (χ0) is 16.2. The van der Waals surface area contributed by atoms with Gasteiger partial charge in [-0.2, -0.15) is 0 Å². The predicted molar refractivity (Wildman–Crippen MR) is 88.9 cm³/mol. The van der Waals surface area contributed by atoms with Crippen LogP contribution in [0.15, 0.2) is 35.3 Å². The second-order valence-corrected chi connectivity index (χ2v) is 4.81. The third-order valence-corrected chi connectivity index (χ3v) is 3.01. The van der Waals surface area contributed by atoms with E-state index in [9.17, 15) is 4.79 Å². The number of hydrogen-bond acceptors (Lipinski definition) is 3. The highest BCUT2D eigenvalue weighted by molar-refractivity contribution is 5.85. The van der Waals surface area contributed by atoms with E-state index in [1.807, 2.05) is 25.1 Å². The number of nitrogens with zero attached hydrogens (tertiary/aromatic N) is 1. The lowest BCUT2D eigenvalue weighted by molar-refractivity contribution is -0.119. The molecule has 1 aromatic rings. The summed E-state index contributed by atoms with van der Waals surface area (Å²) in [5.41, 5.74) is 1.16. The Morgan fingerprint density at radius 1 is 1.27 bits per heavy atom. The molecule has 0 heterocycles. The number of carbonyl (C=O) groups is 1. The highest BCUT2D eigenvalue weighted by atomic mass is 16.5. The summed E-state index contributed by atoms with van der Waals surface area (Å²) in [6, 6.07) is 10.2. The average molecular weight is 306 g/mol. The molecule has 0 bridgehead atoms. The Morgan fingerprint density at radius 3 is 2.64 bits per heavy atom. The van der Waals surface area contributed by atoms with Gasteiger partial charge in [-0.25, -0.2) is 4.99 Å². The topological polar surface area (TPSA) is 74.8 Å². The van der Waals surface area contributed by atoms with E-state index in [0.717, 1.165) is 12.1 Å². The fraction of sp³-hybridized carbons (Fsp3) is 0.500. The Morgan fingerprint density at radius 2 is 2.00 bits per heavy atom. The molecule has 0 saturated carbocycles. The summed E-state index contributed by atoms with van der Waals surface area (Å²) >= 11 is 0. The zero-order valence-corrected chi connectivity index (χ0v) is 13.6. The van der Waals surface area contributed by atoms with Gasteiger partial charge in [0, 0.05) is 20.2 Å². The Bertz CT molecular complexity index is 462. The van der Waals surface area contributed by atoms with E-state index in [1.54, 1.807) is 7.11 Å². The maximum atomic E-state index is 11.7. The minimum Gasteiger partial charge on any atom is -0.383 e. The number of guanidine groups is 1. The smallest absolute Gasteiger partial charge is 0.241 e. The molecule has 0 spiro atoms. The molecular formula is C16H26N4O2. The minimum absolute atomic E-state index is 0.0839. The van der Waals surface area contributed by atoms with Gasteiger partial charge in [-0.3, -0.25) is 4.79 Å². The van der Waals surface area contributed by atoms with Crippen LogP contribution in [0, 0.1) is 0 Å². The van der Waals surface area contributed by atoms with Crippen LogP contribution in [-0.4, -0.2) is 45.2 Å². The third kappa shape index (κ3) is 7.08. The van der Waals surface area contributed by atoms with Crippen LogP contribution < -0.4 is 16.0 Å². The molecule has 22 heavy (non-hydrogen) atoms. The van der Waals surface area contributed by atoms with Gasteiger partial charge < -0.3 is 20.7 Å². The molecule has 1 aromatic carbocycles. The van der Waals surface area contributed by atoms with Crippen molar-refractivity contribution in [3.8, 4) is 0 Å². The maximum Gasteiger partial charge on any atom is 0.241 e. The van der Waals surface area contributed by atoms with Gasteiger partial charge in [0.2, 0.25) is 5.91 Å². The number of methoxy groups -OCH3 is 1. The molecule has 1 amide bonds. The van der Waals surface area contributed by atoms with Gasteiger partial charge >= 0.3 is 0 Å². The number of aliphatic imine (C=N–C) groups is 1. The monoisotopic (exact) mass is 306 g/mol. The largest absolute Gasteiger partial charge is 0.383 e. The number of hydrogen-bond donors (Lipinski definition) is 3. The molecule has 1 rings (SSSR count). The van der Waals surface area contributed by atoms with Crippen molar-refractivity contribution < 1.29 is 9.53 Å². The average Bonchev–Trinajstić information content (AvgIpc) is 2.54. The number of carbonyl (C=O) groups excluding carboxylic acids is 1. The highest BCUT2D eigenvalue weighted by Gasteiger charge is 2.07. The van der Waals surface area contributed by atoms with Crippen molar-refractivity contribution in [1.29, 1.82) is 0 Å². The molecular weight excluding hydrogens is 280 g/mol. The lowest BCUT2D eigenvalue weighted by Crippen LogP contribution is -2.40. The molecule has 0 aliphatic carbocycles. The Kier molecular flexibility index (Phi) is 8.67. The standard InChI is InChI=1S/C16H26N4O2/c1-4-17-16(19-12-15(21)18-10-11-22-3)20-13(2)14-8-6-5-7-9-14/h5-9,13H,4,10-12H2,1-3H3,(H,18,21)(H2,17,19,20). The molecule has 1 unspecified atom stereocenters. The van der Waals surface area contributed by atoms with E-state index < -0.39 is 0 Å². The lowest BCUT2D eigenvalue weighted by Gasteiger charge is -2.18. The summed E-state index contributed by atoms with van der Waals surface area (Å²) in [6.45, 7) is 5.86. The fourth-order valence-electron chi connectivity index (χ4n) is 1.85. The van der Waals surface area contributed by atoms with Gasteiger partial charge in [0.05, 0.1) is 12.6 Å². The second kappa shape index (κ2) is 10.6. The van der Waals surface area contributed by atoms with Crippen LogP contribution in [0.3, 0.4) is 0 Å². The summed E-state index contributed by atoms with van der Waals surface area (Å²) in [7, 11) is 1.60. The quantitative estimate of drug-likeness (QED) is 0.381. The van der Waals surface area contributed by atoms with Crippen molar-refractivity contribution in [3.05, 3.63) is 35.9 Å². The number of amides is 1. The number of nitrogens with one attached hydrogen (secondary N) is 3. The van der Waals surface area contributed by atoms with E-state index >= 15 is 0 Å². The van der Waals surface area contributed by atoms with Crippen LogP contribution in [-0.2, 0) is 9.53 Å². The SMILES string of the molecule is CCNC(=NCC(=O)NCCOC)NC(C)c1ccccc1. The number of ether oxygens (including phenoxy) is 1. The second-order valence-electron chi connectivity index (χ2n) is 4.81. The summed E-state index contributed by atoms with van der Waals surface area (Å²) < 4.78 is 4.88. The van der Waals surface area contributed by atoms with Crippen molar-refractivity contribution in [2.24, 2.45) is 4.99 Å². The highest BCUT2D eigenvalue weighted by Crippen LogP contribution is 2.10. The van der Waals surface area contributed by atoms with Crippen molar-refractivity contribution in [3.63, 3.8) is 0 Å². The molecule has 0 aliphatic heterocycles. The molecule has 0 aromatic heterocycles. The Balaban J connectivity index is 2.53. The normalized spacial score (nSPS) is 12.6. The van der Waals surface area contributed by atoms with E-state index in [2.05, 4.69) is 40.0 Å². The summed E-state index contributed by atoms with van der Waals surface area (Å²) in [5, 5.41) is 9.17. The molecule has 0 saturated heterocycles. The summed E-state index contributed by atoms with van der Waals surface area (Å²) in [5.74, 6) is 0.502. The van der Waals surface area contributed by atoms with Crippen molar-refractivity contribution in [1.82, 2.24) is 16.0 Å². The first-order valence-corrected chi connectivity index (χ1v) is 7.52. The molecule has 0 aliphatic rings. The summed E-state index contributed by atoms with van der Waals surface area (Å²) in [4.78, 5) is 16.0. The van der Waals surface area contributed by atoms with Crippen molar-refractivity contribution in [2.75, 3.05) is 33.4 Å². The van der Waals surface area contributed by atoms with Gasteiger partial charge in [-0.05, 0) is 19.4 Å². The Labute approximate surface area is 132 Å². The molecule has 0 fully saturated rings. The van der Waals surface area contributed by atoms with Crippen molar-refractivity contribution >= 4 is 11.9 Å². The maximum absolute atomic E-state index is 11.7. The van der Waals surface area contributed by atoms with Crippen LogP contribution in [0.2, 0.25) is 0 Å². The first-order chi connectivity index (χ1) is 10.7. The molecule has 122 valence electrons. The van der Waals surface area contributed by atoms with Gasteiger partial charge in [0.15, 0.2) is 5.96 Å². The molecule has 1 atom stereocenters. The van der Waals surface area contributed by atoms with E-state index in [1.165, 1.54) is 0 Å². The predicted octanol–water partition coefficient (Wildman–Crippen LogP) is 1.07. The first-order valence-electron chi connectivity index (χ1n) is 7.52. The van der Waals surface area contributed by atoms with Crippen molar-refractivity contribution in [2.45, 2.75) is 19.9 Å². The first kappa shape index (κ1) is 18.0. The zero-order valence-electron chi connectivity index (χ0n) is 13.6. The fourth-order valence-corrected chi connectivity index (χ4v) is 1.85. The van der Waals surface area contributed by atoms with Crippen LogP contribution in [0.25, 0.3) is 0 Å². The van der Waals surface area contributed by atoms with Crippen LogP contribution in [0.5, 0.6) is 0 Å². The van der Waals surface area contributed by atoms with Gasteiger partial charge in [0.1, 0.15) is 6.54 Å². The number of rotatable bonds is 8. The van der Waals surface area contributed by atoms with Gasteiger partial charge in [0.25, 0.3) is 0 Å². The van der Waals surface area contributed by atoms with Crippen LogP contribution in [0.1, 0.15) is 25.5 Å². The minimum atomic E-state index is -0.124. The Hall–Kier alpha value is -2.08. The van der Waals surface area contributed by atoms with E-state index in [4.69, 9.17) is 4.74 Å². The van der Waals surface area contributed by atoms with Gasteiger partial charge in [-0.15, -0.1) is 0 Å². The van der Waals surface area contributed by atoms with Gasteiger partial charge in [-0.1, -0.05) is 30.3 Å². The van der Waals surface area contributed by atoms with Crippen LogP contribution >= 0.6 is 0 Å². The molecule has 0 radical (unpaired) electrons. The summed E-state index contributed by atoms with van der Waals surface area (Å²) in [6.07, 6.45) is 0. The van der Waals surface area contributed by atoms with Crippen LogP contribution in [0.4, 0.5) is 0 Å². The van der Waals surface area contributed by atoms with E-state index in [0.29, 0.717) is 19.1 Å². The molecule has 3 N–H and O–H groups in total. The molecule has 6 heteroatoms. The lowest BCUT2D eigenvalue weighted by atomic mass is 10.1. The molecule has 6 nitrogen and oxygen atoms in total. The van der Waals surface area contributed by atoms with E-state index in [-0.39, 0.29) is 18.5 Å².